The van der Waals surface area contributed by atoms with Crippen LogP contribution in [0.2, 0.25) is 0 Å². The van der Waals surface area contributed by atoms with Gasteiger partial charge in [0, 0.05) is 25.4 Å². The molecule has 3 rings (SSSR count). The van der Waals surface area contributed by atoms with Gasteiger partial charge in [0.2, 0.25) is 15.8 Å². The van der Waals surface area contributed by atoms with Gasteiger partial charge < -0.3 is 13.7 Å². The largest absolute Gasteiger partial charge is 0.463 e. The zero-order valence-corrected chi connectivity index (χ0v) is 15.9. The fourth-order valence-electron chi connectivity index (χ4n) is 3.06. The van der Waals surface area contributed by atoms with Crippen LogP contribution in [0, 0.1) is 0 Å². The van der Waals surface area contributed by atoms with Crippen molar-refractivity contribution in [1.29, 1.82) is 0 Å². The molecule has 0 radical (unpaired) electrons. The molecule has 2 aromatic rings. The Bertz CT molecular complexity index is 968. The van der Waals surface area contributed by atoms with Gasteiger partial charge in [-0.05, 0) is 31.0 Å². The highest BCUT2D eigenvalue weighted by Gasteiger charge is 2.25. The highest BCUT2D eigenvalue weighted by molar-refractivity contribution is 7.89. The smallest absolute Gasteiger partial charge is 0.373 e. The van der Waals surface area contributed by atoms with Crippen molar-refractivity contribution in [2.24, 2.45) is 0 Å². The maximum atomic E-state index is 12.9. The summed E-state index contributed by atoms with van der Waals surface area (Å²) in [5.74, 6) is -0.248. The number of hydrogen-bond donors (Lipinski definition) is 0. The molecule has 1 aliphatic rings. The number of aromatic nitrogens is 1. The third kappa shape index (κ3) is 4.30. The Morgan fingerprint density at radius 2 is 1.81 bits per heavy atom. The molecule has 1 saturated heterocycles. The Morgan fingerprint density at radius 3 is 2.48 bits per heavy atom. The van der Waals surface area contributed by atoms with E-state index in [0.717, 1.165) is 25.7 Å². The summed E-state index contributed by atoms with van der Waals surface area (Å²) >= 11 is 0. The first-order valence-corrected chi connectivity index (χ1v) is 10.2. The van der Waals surface area contributed by atoms with Crippen molar-refractivity contribution >= 4 is 16.0 Å². The van der Waals surface area contributed by atoms with Gasteiger partial charge in [0.05, 0.1) is 18.6 Å². The summed E-state index contributed by atoms with van der Waals surface area (Å²) in [6.45, 7) is 0.990. The van der Waals surface area contributed by atoms with Crippen LogP contribution in [0.5, 0.6) is 0 Å². The van der Waals surface area contributed by atoms with E-state index in [1.165, 1.54) is 40.4 Å². The van der Waals surface area contributed by atoms with E-state index in [4.69, 9.17) is 4.42 Å². The number of esters is 1. The van der Waals surface area contributed by atoms with Crippen molar-refractivity contribution in [2.75, 3.05) is 20.2 Å². The fraction of sp³-hybridized carbons (Fsp3) is 0.444. The van der Waals surface area contributed by atoms with E-state index in [1.54, 1.807) is 6.07 Å². The third-order valence-corrected chi connectivity index (χ3v) is 6.42. The summed E-state index contributed by atoms with van der Waals surface area (Å²) in [5.41, 5.74) is -0.360. The average Bonchev–Trinajstić information content (AvgIpc) is 2.94. The number of ether oxygens (including phenoxy) is 1. The van der Waals surface area contributed by atoms with Gasteiger partial charge in [0.1, 0.15) is 5.76 Å². The number of furan rings is 1. The molecular weight excluding hydrogens is 372 g/mol. The lowest BCUT2D eigenvalue weighted by atomic mass is 10.2. The Labute approximate surface area is 157 Å². The second-order valence-electron chi connectivity index (χ2n) is 6.41. The fourth-order valence-corrected chi connectivity index (χ4v) is 4.60. The van der Waals surface area contributed by atoms with Crippen molar-refractivity contribution in [1.82, 2.24) is 8.87 Å². The number of carbonyl (C=O) groups excluding carboxylic acids is 1. The minimum absolute atomic E-state index is 0.0131. The minimum Gasteiger partial charge on any atom is -0.463 e. The van der Waals surface area contributed by atoms with Crippen LogP contribution in [0.4, 0.5) is 0 Å². The Morgan fingerprint density at radius 1 is 1.11 bits per heavy atom. The lowest BCUT2D eigenvalue weighted by Gasteiger charge is -2.20. The minimum atomic E-state index is -3.66. The van der Waals surface area contributed by atoms with Gasteiger partial charge in [-0.2, -0.15) is 4.31 Å². The number of sulfonamides is 1. The average molecular weight is 394 g/mol. The van der Waals surface area contributed by atoms with Crippen LogP contribution in [0.25, 0.3) is 0 Å². The first kappa shape index (κ1) is 19.4. The molecule has 9 heteroatoms. The molecule has 0 unspecified atom stereocenters. The molecule has 27 heavy (non-hydrogen) atoms. The Hall–Kier alpha value is -2.39. The van der Waals surface area contributed by atoms with Crippen LogP contribution < -0.4 is 5.56 Å². The lowest BCUT2D eigenvalue weighted by molar-refractivity contribution is 0.0563. The number of methoxy groups -OCH3 is 1. The quantitative estimate of drug-likeness (QED) is 0.718. The van der Waals surface area contributed by atoms with Crippen molar-refractivity contribution < 1.29 is 22.4 Å². The molecular formula is C18H22N2O6S. The van der Waals surface area contributed by atoms with Crippen molar-refractivity contribution in [3.8, 4) is 0 Å². The zero-order valence-electron chi connectivity index (χ0n) is 15.1. The summed E-state index contributed by atoms with van der Waals surface area (Å²) in [7, 11) is -2.42. The highest BCUT2D eigenvalue weighted by atomic mass is 32.2. The third-order valence-electron chi connectivity index (χ3n) is 4.53. The molecule has 0 spiro atoms. The first-order chi connectivity index (χ1) is 12.9. The van der Waals surface area contributed by atoms with E-state index < -0.39 is 16.0 Å². The number of nitrogens with zero attached hydrogens (tertiary/aromatic N) is 2. The molecule has 0 saturated carbocycles. The summed E-state index contributed by atoms with van der Waals surface area (Å²) in [4.78, 5) is 23.7. The zero-order chi connectivity index (χ0) is 19.4. The van der Waals surface area contributed by atoms with Gasteiger partial charge in [-0.25, -0.2) is 13.2 Å². The molecule has 0 aromatic carbocycles. The summed E-state index contributed by atoms with van der Waals surface area (Å²) in [6.07, 6.45) is 5.03. The van der Waals surface area contributed by atoms with E-state index in [1.807, 2.05) is 0 Å². The molecule has 1 fully saturated rings. The molecule has 0 atom stereocenters. The van der Waals surface area contributed by atoms with Gasteiger partial charge in [0.15, 0.2) is 0 Å². The number of carbonyl (C=O) groups is 1. The lowest BCUT2D eigenvalue weighted by Crippen LogP contribution is -2.33. The van der Waals surface area contributed by atoms with Gasteiger partial charge >= 0.3 is 5.97 Å². The molecule has 8 nitrogen and oxygen atoms in total. The van der Waals surface area contributed by atoms with Crippen molar-refractivity contribution in [3.05, 3.63) is 52.3 Å². The van der Waals surface area contributed by atoms with E-state index in [-0.39, 0.29) is 22.8 Å². The van der Waals surface area contributed by atoms with Crippen LogP contribution in [0.1, 0.15) is 42.0 Å². The highest BCUT2D eigenvalue weighted by Crippen LogP contribution is 2.20. The molecule has 0 bridgehead atoms. The molecule has 0 N–H and O–H groups in total. The van der Waals surface area contributed by atoms with Gasteiger partial charge in [-0.15, -0.1) is 0 Å². The molecule has 3 heterocycles. The normalized spacial score (nSPS) is 16.0. The van der Waals surface area contributed by atoms with E-state index in [2.05, 4.69) is 4.74 Å². The van der Waals surface area contributed by atoms with Gasteiger partial charge in [-0.1, -0.05) is 12.8 Å². The van der Waals surface area contributed by atoms with Crippen molar-refractivity contribution in [3.63, 3.8) is 0 Å². The number of hydrogen-bond acceptors (Lipinski definition) is 6. The van der Waals surface area contributed by atoms with E-state index >= 15 is 0 Å². The second kappa shape index (κ2) is 8.10. The SMILES string of the molecule is COC(=O)c1ccc(Cn2cc(S(=O)(=O)N3CCCCCC3)ccc2=O)o1. The monoisotopic (exact) mass is 394 g/mol. The predicted octanol–water partition coefficient (Wildman–Crippen LogP) is 1.84. The summed E-state index contributed by atoms with van der Waals surface area (Å²) in [6, 6.07) is 5.56. The summed E-state index contributed by atoms with van der Waals surface area (Å²) < 4.78 is 38.5. The van der Waals surface area contributed by atoms with Crippen LogP contribution in [-0.4, -0.2) is 43.5 Å². The van der Waals surface area contributed by atoms with Crippen LogP contribution in [0.3, 0.4) is 0 Å². The van der Waals surface area contributed by atoms with E-state index in [0.29, 0.717) is 18.8 Å². The topological polar surface area (TPSA) is 98.8 Å². The number of pyridine rings is 1. The first-order valence-electron chi connectivity index (χ1n) is 8.79. The predicted molar refractivity (Wildman–Crippen MR) is 97.1 cm³/mol. The molecule has 2 aromatic heterocycles. The maximum absolute atomic E-state index is 12.9. The standard InChI is InChI=1S/C18H22N2O6S/c1-25-18(22)16-8-6-14(26-16)12-19-13-15(7-9-17(19)21)27(23,24)20-10-4-2-3-5-11-20/h6-9,13H,2-5,10-12H2,1H3. The van der Waals surface area contributed by atoms with Crippen LogP contribution >= 0.6 is 0 Å². The Balaban J connectivity index is 1.86. The summed E-state index contributed by atoms with van der Waals surface area (Å²) in [5, 5.41) is 0. The van der Waals surface area contributed by atoms with Crippen LogP contribution in [-0.2, 0) is 21.3 Å². The molecule has 0 amide bonds. The Kier molecular flexibility index (Phi) is 5.81. The maximum Gasteiger partial charge on any atom is 0.373 e. The van der Waals surface area contributed by atoms with E-state index in [9.17, 15) is 18.0 Å². The van der Waals surface area contributed by atoms with Gasteiger partial charge in [0.25, 0.3) is 5.56 Å². The molecule has 1 aliphatic heterocycles. The van der Waals surface area contributed by atoms with Crippen molar-refractivity contribution in [2.45, 2.75) is 37.1 Å². The molecule has 146 valence electrons. The van der Waals surface area contributed by atoms with Gasteiger partial charge in [-0.3, -0.25) is 4.79 Å². The molecule has 0 aliphatic carbocycles. The number of rotatable bonds is 5. The second-order valence-corrected chi connectivity index (χ2v) is 8.34. The van der Waals surface area contributed by atoms with Crippen LogP contribution in [0.15, 0.2) is 44.6 Å².